The van der Waals surface area contributed by atoms with Crippen LogP contribution in [0.1, 0.15) is 36.4 Å². The minimum absolute atomic E-state index is 0.112. The van der Waals surface area contributed by atoms with Gasteiger partial charge in [0.05, 0.1) is 5.69 Å². The number of carbonyl (C=O) groups excluding carboxylic acids is 1. The number of amides is 2. The quantitative estimate of drug-likeness (QED) is 0.122. The Morgan fingerprint density at radius 1 is 1.19 bits per heavy atom. The van der Waals surface area contributed by atoms with Crippen LogP contribution in [0.3, 0.4) is 0 Å². The molecule has 3 heterocycles. The number of carbonyl (C=O) groups is 1. The molecule has 1 aliphatic heterocycles. The van der Waals surface area contributed by atoms with Crippen LogP contribution < -0.4 is 33.5 Å². The highest BCUT2D eigenvalue weighted by molar-refractivity contribution is 5.76. The van der Waals surface area contributed by atoms with Crippen LogP contribution in [0.4, 0.5) is 4.79 Å². The second kappa shape index (κ2) is 12.4. The molecule has 1 atom stereocenters. The summed E-state index contributed by atoms with van der Waals surface area (Å²) in [6.45, 7) is 5.27. The second-order valence-corrected chi connectivity index (χ2v) is 9.36. The predicted molar refractivity (Wildman–Crippen MR) is 145 cm³/mol. The molecular formula is C25H36N10O2. The Hall–Kier alpha value is -3.90. The Bertz CT molecular complexity index is 1280. The minimum Gasteiger partial charge on any atom is -0.370 e. The molecule has 1 unspecified atom stereocenters. The Labute approximate surface area is 215 Å². The van der Waals surface area contributed by atoms with Crippen molar-refractivity contribution in [2.24, 2.45) is 22.2 Å². The van der Waals surface area contributed by atoms with E-state index in [1.807, 2.05) is 30.5 Å². The van der Waals surface area contributed by atoms with Crippen LogP contribution in [0, 0.1) is 0 Å². The summed E-state index contributed by atoms with van der Waals surface area (Å²) >= 11 is 0. The molecule has 2 aromatic heterocycles. The first-order chi connectivity index (χ1) is 17.9. The number of aromatic nitrogens is 3. The van der Waals surface area contributed by atoms with Gasteiger partial charge in [-0.2, -0.15) is 4.98 Å². The number of benzene rings is 1. The first-order valence-corrected chi connectivity index (χ1v) is 12.6. The van der Waals surface area contributed by atoms with E-state index >= 15 is 0 Å². The van der Waals surface area contributed by atoms with E-state index in [1.165, 1.54) is 0 Å². The molecule has 4 rings (SSSR count). The lowest BCUT2D eigenvalue weighted by Crippen LogP contribution is -2.41. The van der Waals surface area contributed by atoms with Gasteiger partial charge in [0.25, 0.3) is 0 Å². The van der Waals surface area contributed by atoms with E-state index in [-0.39, 0.29) is 11.6 Å². The fraction of sp³-hybridized carbons (Fsp3) is 0.440. The van der Waals surface area contributed by atoms with Gasteiger partial charge in [-0.3, -0.25) is 9.56 Å². The Morgan fingerprint density at radius 3 is 2.76 bits per heavy atom. The molecule has 9 N–H and O–H groups in total. The molecule has 3 aromatic rings. The number of hydrogen-bond donors (Lipinski definition) is 6. The zero-order valence-corrected chi connectivity index (χ0v) is 20.9. The molecular weight excluding hydrogens is 472 g/mol. The number of guanidine groups is 1. The van der Waals surface area contributed by atoms with Gasteiger partial charge in [0.1, 0.15) is 5.65 Å². The lowest BCUT2D eigenvalue weighted by Gasteiger charge is -2.32. The van der Waals surface area contributed by atoms with E-state index in [9.17, 15) is 9.59 Å². The van der Waals surface area contributed by atoms with Gasteiger partial charge < -0.3 is 37.7 Å². The molecule has 0 aliphatic carbocycles. The van der Waals surface area contributed by atoms with Crippen LogP contribution in [0.15, 0.2) is 46.3 Å². The topological polar surface area (TPSA) is 185 Å². The third-order valence-corrected chi connectivity index (χ3v) is 6.55. The van der Waals surface area contributed by atoms with Crippen molar-refractivity contribution in [1.29, 1.82) is 0 Å². The molecule has 0 bridgehead atoms. The lowest BCUT2D eigenvalue weighted by molar-refractivity contribution is 0.205. The highest BCUT2D eigenvalue weighted by Gasteiger charge is 2.23. The van der Waals surface area contributed by atoms with E-state index in [0.29, 0.717) is 31.2 Å². The van der Waals surface area contributed by atoms with E-state index < -0.39 is 6.03 Å². The van der Waals surface area contributed by atoms with Crippen molar-refractivity contribution >= 4 is 23.0 Å². The molecule has 1 fully saturated rings. The van der Waals surface area contributed by atoms with Gasteiger partial charge in [0.15, 0.2) is 5.96 Å². The summed E-state index contributed by atoms with van der Waals surface area (Å²) in [6, 6.07) is 9.45. The third kappa shape index (κ3) is 7.30. The van der Waals surface area contributed by atoms with Gasteiger partial charge in [0, 0.05) is 55.9 Å². The van der Waals surface area contributed by atoms with E-state index in [2.05, 4.69) is 36.6 Å². The van der Waals surface area contributed by atoms with Gasteiger partial charge in [-0.25, -0.2) is 9.59 Å². The summed E-state index contributed by atoms with van der Waals surface area (Å²) in [4.78, 5) is 37.7. The predicted octanol–water partition coefficient (Wildman–Crippen LogP) is 0.315. The number of nitrogens with two attached hydrogens (primary N) is 3. The average Bonchev–Trinajstić information content (AvgIpc) is 3.29. The van der Waals surface area contributed by atoms with Crippen LogP contribution in [-0.4, -0.2) is 70.7 Å². The summed E-state index contributed by atoms with van der Waals surface area (Å²) in [5.74, 6) is 0.424. The maximum atomic E-state index is 12.8. The largest absolute Gasteiger partial charge is 0.370 e. The number of urea groups is 1. The molecule has 2 amide bonds. The van der Waals surface area contributed by atoms with Crippen LogP contribution >= 0.6 is 0 Å². The molecule has 12 nitrogen and oxygen atoms in total. The normalized spacial score (nSPS) is 16.1. The van der Waals surface area contributed by atoms with Gasteiger partial charge in [-0.05, 0) is 56.1 Å². The zero-order chi connectivity index (χ0) is 26.2. The fourth-order valence-corrected chi connectivity index (χ4v) is 4.69. The van der Waals surface area contributed by atoms with Gasteiger partial charge in [-0.1, -0.05) is 12.1 Å². The summed E-state index contributed by atoms with van der Waals surface area (Å²) in [6.07, 6.45) is 4.81. The van der Waals surface area contributed by atoms with Gasteiger partial charge in [-0.15, -0.1) is 0 Å². The molecule has 198 valence electrons. The lowest BCUT2D eigenvalue weighted by atomic mass is 9.95. The number of fused-ring (bicyclic) bond motifs is 1. The van der Waals surface area contributed by atoms with Crippen LogP contribution in [0.5, 0.6) is 0 Å². The maximum Gasteiger partial charge on any atom is 0.354 e. The zero-order valence-electron chi connectivity index (χ0n) is 20.9. The number of nitrogens with one attached hydrogen (secondary N) is 3. The Balaban J connectivity index is 1.39. The smallest absolute Gasteiger partial charge is 0.354 e. The molecule has 0 spiro atoms. The average molecular weight is 509 g/mol. The highest BCUT2D eigenvalue weighted by atomic mass is 16.2. The monoisotopic (exact) mass is 508 g/mol. The molecule has 1 saturated heterocycles. The summed E-state index contributed by atoms with van der Waals surface area (Å²) < 4.78 is 1.58. The highest BCUT2D eigenvalue weighted by Crippen LogP contribution is 2.28. The number of nitrogens with zero attached hydrogens (tertiary/aromatic N) is 4. The van der Waals surface area contributed by atoms with Gasteiger partial charge >= 0.3 is 11.7 Å². The molecule has 12 heteroatoms. The van der Waals surface area contributed by atoms with Crippen LogP contribution in [0.25, 0.3) is 16.7 Å². The number of H-pyrrole nitrogens is 1. The standard InChI is InChI=1S/C25H36N10O2/c26-23(27)30-9-2-8-29-14-17-4-6-20(7-5-17)35-16-19-13-21(32-22(19)33-25(35)37)18-3-1-11-34(15-18)12-10-31-24(28)36/h4-7,13,16,18,29H,1-3,8-12,14-15H2,(H4,26,27,30)(H3,28,31,36)(H,32,33,37). The van der Waals surface area contributed by atoms with Crippen molar-refractivity contribution in [3.05, 3.63) is 58.3 Å². The number of aliphatic imine (C=N–C) groups is 1. The number of aromatic amines is 1. The van der Waals surface area contributed by atoms with Crippen molar-refractivity contribution in [2.75, 3.05) is 39.3 Å². The molecule has 0 radical (unpaired) electrons. The summed E-state index contributed by atoms with van der Waals surface area (Å²) in [5.41, 5.74) is 19.1. The van der Waals surface area contributed by atoms with Crippen LogP contribution in [0.2, 0.25) is 0 Å². The van der Waals surface area contributed by atoms with E-state index in [1.54, 1.807) is 4.57 Å². The van der Waals surface area contributed by atoms with E-state index in [4.69, 9.17) is 17.2 Å². The maximum absolute atomic E-state index is 12.8. The van der Waals surface area contributed by atoms with Crippen molar-refractivity contribution in [3.63, 3.8) is 0 Å². The number of likely N-dealkylation sites (tertiary alicyclic amines) is 1. The van der Waals surface area contributed by atoms with Crippen molar-refractivity contribution in [1.82, 2.24) is 30.1 Å². The summed E-state index contributed by atoms with van der Waals surface area (Å²) in [7, 11) is 0. The summed E-state index contributed by atoms with van der Waals surface area (Å²) in [5, 5.41) is 6.90. The number of rotatable bonds is 11. The first-order valence-electron chi connectivity index (χ1n) is 12.6. The minimum atomic E-state index is -0.501. The second-order valence-electron chi connectivity index (χ2n) is 9.36. The van der Waals surface area contributed by atoms with E-state index in [0.717, 1.165) is 67.8 Å². The van der Waals surface area contributed by atoms with Crippen LogP contribution in [-0.2, 0) is 6.54 Å². The SMILES string of the molecule is NC(=O)NCCN1CCCC(c2cc3cn(-c4ccc(CNCCCN=C(N)N)cc4)c(=O)nc3[nH]2)C1. The molecule has 1 aliphatic rings. The van der Waals surface area contributed by atoms with Crippen molar-refractivity contribution in [2.45, 2.75) is 31.7 Å². The molecule has 1 aromatic carbocycles. The van der Waals surface area contributed by atoms with Crippen molar-refractivity contribution < 1.29 is 4.79 Å². The number of hydrogen-bond acceptors (Lipinski definition) is 6. The van der Waals surface area contributed by atoms with Crippen molar-refractivity contribution in [3.8, 4) is 5.69 Å². The van der Waals surface area contributed by atoms with Gasteiger partial charge in [0.2, 0.25) is 0 Å². The first kappa shape index (κ1) is 26.2. The molecule has 0 saturated carbocycles. The number of primary amides is 1. The Kier molecular flexibility index (Phi) is 8.75. The Morgan fingerprint density at radius 2 is 2.00 bits per heavy atom. The fourth-order valence-electron chi connectivity index (χ4n) is 4.69. The third-order valence-electron chi connectivity index (χ3n) is 6.55. The molecule has 37 heavy (non-hydrogen) atoms. The number of piperidine rings is 1.